The van der Waals surface area contributed by atoms with E-state index in [2.05, 4.69) is 0 Å². The summed E-state index contributed by atoms with van der Waals surface area (Å²) in [6.45, 7) is 0. The summed E-state index contributed by atoms with van der Waals surface area (Å²) in [5.74, 6) is 0.144. The minimum atomic E-state index is 0. The van der Waals surface area contributed by atoms with Gasteiger partial charge >= 0.3 is 33.8 Å². The first kappa shape index (κ1) is 17.5. The van der Waals surface area contributed by atoms with Crippen molar-refractivity contribution in [1.29, 1.82) is 0 Å². The summed E-state index contributed by atoms with van der Waals surface area (Å²) < 4.78 is 0. The standard InChI is InChI=1S/2C6H6O.Co.Fe/c2*7-6-4-2-1-3-5-6;;/h2*1-5,7H;;/q;;2*+2/p-2. The Labute approximate surface area is 116 Å². The smallest absolute Gasteiger partial charge is 0.872 e. The van der Waals surface area contributed by atoms with E-state index in [-0.39, 0.29) is 45.3 Å². The van der Waals surface area contributed by atoms with Crippen LogP contribution in [-0.2, 0) is 33.8 Å². The zero-order chi connectivity index (χ0) is 10.2. The molecule has 0 aromatic heterocycles. The zero-order valence-electron chi connectivity index (χ0n) is 8.28. The first-order chi connectivity index (χ1) is 6.79. The van der Waals surface area contributed by atoms with Gasteiger partial charge in [0, 0.05) is 0 Å². The van der Waals surface area contributed by atoms with E-state index in [4.69, 9.17) is 0 Å². The minimum Gasteiger partial charge on any atom is -0.872 e. The predicted molar refractivity (Wildman–Crippen MR) is 51.8 cm³/mol. The molecule has 0 saturated carbocycles. The van der Waals surface area contributed by atoms with Crippen LogP contribution in [0.25, 0.3) is 0 Å². The van der Waals surface area contributed by atoms with Crippen LogP contribution >= 0.6 is 0 Å². The van der Waals surface area contributed by atoms with Gasteiger partial charge in [0.1, 0.15) is 0 Å². The van der Waals surface area contributed by atoms with E-state index in [0.717, 1.165) is 0 Å². The summed E-state index contributed by atoms with van der Waals surface area (Å²) in [5, 5.41) is 20.5. The number of hydrogen-bond donors (Lipinski definition) is 0. The van der Waals surface area contributed by atoms with Crippen molar-refractivity contribution in [1.82, 2.24) is 0 Å². The Kier molecular flexibility index (Phi) is 11.5. The predicted octanol–water partition coefficient (Wildman–Crippen LogP) is 1.52. The Hall–Kier alpha value is -0.934. The molecule has 2 aromatic carbocycles. The van der Waals surface area contributed by atoms with Gasteiger partial charge in [0.25, 0.3) is 0 Å². The van der Waals surface area contributed by atoms with Crippen molar-refractivity contribution in [2.45, 2.75) is 0 Å². The quantitative estimate of drug-likeness (QED) is 0.693. The fraction of sp³-hybridized carbons (Fsp3) is 0. The molecule has 0 fully saturated rings. The van der Waals surface area contributed by atoms with Gasteiger partial charge in [-0.25, -0.2) is 0 Å². The second kappa shape index (κ2) is 10.6. The van der Waals surface area contributed by atoms with E-state index >= 15 is 0 Å². The first-order valence-electron chi connectivity index (χ1n) is 4.23. The molecule has 16 heavy (non-hydrogen) atoms. The van der Waals surface area contributed by atoms with E-state index in [1.165, 1.54) is 24.3 Å². The van der Waals surface area contributed by atoms with E-state index in [1.54, 1.807) is 24.3 Å². The van der Waals surface area contributed by atoms with Crippen LogP contribution in [0.1, 0.15) is 0 Å². The van der Waals surface area contributed by atoms with Crippen LogP contribution in [0.4, 0.5) is 0 Å². The molecule has 0 atom stereocenters. The third-order valence-electron chi connectivity index (χ3n) is 1.49. The molecule has 0 aliphatic rings. The van der Waals surface area contributed by atoms with Gasteiger partial charge in [0.15, 0.2) is 0 Å². The second-order valence-corrected chi connectivity index (χ2v) is 2.63. The average Bonchev–Trinajstić information content (AvgIpc) is 2.21. The molecule has 85 valence electrons. The van der Waals surface area contributed by atoms with Crippen LogP contribution in [0.5, 0.6) is 11.5 Å². The molecule has 0 aliphatic carbocycles. The molecule has 0 heterocycles. The Morgan fingerprint density at radius 3 is 0.938 bits per heavy atom. The van der Waals surface area contributed by atoms with Crippen LogP contribution in [0.15, 0.2) is 60.7 Å². The Morgan fingerprint density at radius 2 is 0.812 bits per heavy atom. The molecular weight excluding hydrogens is 291 g/mol. The molecule has 0 amide bonds. The van der Waals surface area contributed by atoms with Crippen LogP contribution in [-0.4, -0.2) is 0 Å². The second-order valence-electron chi connectivity index (χ2n) is 2.63. The van der Waals surface area contributed by atoms with Crippen molar-refractivity contribution >= 4 is 0 Å². The van der Waals surface area contributed by atoms with Gasteiger partial charge in [0.05, 0.1) is 0 Å². The number of para-hydroxylation sites is 2. The summed E-state index contributed by atoms with van der Waals surface area (Å²) in [7, 11) is 0. The van der Waals surface area contributed by atoms with Gasteiger partial charge < -0.3 is 10.2 Å². The summed E-state index contributed by atoms with van der Waals surface area (Å²) >= 11 is 0. The third-order valence-corrected chi connectivity index (χ3v) is 1.49. The van der Waals surface area contributed by atoms with E-state index in [0.29, 0.717) is 0 Å². The summed E-state index contributed by atoms with van der Waals surface area (Å²) in [5.41, 5.74) is 0. The van der Waals surface area contributed by atoms with Crippen molar-refractivity contribution < 1.29 is 44.1 Å². The van der Waals surface area contributed by atoms with E-state index in [9.17, 15) is 10.2 Å². The van der Waals surface area contributed by atoms with Crippen molar-refractivity contribution in [3.63, 3.8) is 0 Å². The van der Waals surface area contributed by atoms with Crippen LogP contribution < -0.4 is 10.2 Å². The Balaban J connectivity index is 0. The number of rotatable bonds is 0. The molecule has 0 spiro atoms. The summed E-state index contributed by atoms with van der Waals surface area (Å²) in [6, 6.07) is 16.7. The molecule has 0 N–H and O–H groups in total. The third kappa shape index (κ3) is 8.38. The van der Waals surface area contributed by atoms with E-state index in [1.807, 2.05) is 12.1 Å². The maximum atomic E-state index is 10.3. The molecular formula is C12H10CoFeO2+2. The van der Waals surface area contributed by atoms with Gasteiger partial charge in [-0.1, -0.05) is 60.7 Å². The topological polar surface area (TPSA) is 46.1 Å². The van der Waals surface area contributed by atoms with Gasteiger partial charge in [-0.05, 0) is 0 Å². The van der Waals surface area contributed by atoms with Crippen LogP contribution in [0.3, 0.4) is 0 Å². The van der Waals surface area contributed by atoms with Gasteiger partial charge in [0.2, 0.25) is 0 Å². The van der Waals surface area contributed by atoms with E-state index < -0.39 is 0 Å². The van der Waals surface area contributed by atoms with Crippen molar-refractivity contribution in [2.75, 3.05) is 0 Å². The molecule has 4 heteroatoms. The molecule has 0 unspecified atom stereocenters. The Morgan fingerprint density at radius 1 is 0.562 bits per heavy atom. The largest absolute Gasteiger partial charge is 2.00 e. The summed E-state index contributed by atoms with van der Waals surface area (Å²) in [6.07, 6.45) is 0. The molecule has 0 bridgehead atoms. The maximum Gasteiger partial charge on any atom is 2.00 e. The van der Waals surface area contributed by atoms with Crippen molar-refractivity contribution in [3.8, 4) is 11.5 Å². The fourth-order valence-corrected chi connectivity index (χ4v) is 0.841. The minimum absolute atomic E-state index is 0. The van der Waals surface area contributed by atoms with Crippen LogP contribution in [0.2, 0.25) is 0 Å². The number of benzene rings is 2. The normalized spacial score (nSPS) is 7.50. The summed E-state index contributed by atoms with van der Waals surface area (Å²) in [4.78, 5) is 0. The van der Waals surface area contributed by atoms with Crippen LogP contribution in [0, 0.1) is 0 Å². The molecule has 1 radical (unpaired) electrons. The maximum absolute atomic E-state index is 10.3. The first-order valence-corrected chi connectivity index (χ1v) is 4.23. The molecule has 0 aliphatic heterocycles. The van der Waals surface area contributed by atoms with Crippen molar-refractivity contribution in [3.05, 3.63) is 60.7 Å². The average molecular weight is 301 g/mol. The molecule has 2 nitrogen and oxygen atoms in total. The molecule has 2 aromatic rings. The molecule has 0 saturated heterocycles. The zero-order valence-corrected chi connectivity index (χ0v) is 10.4. The van der Waals surface area contributed by atoms with Gasteiger partial charge in [-0.3, -0.25) is 0 Å². The fourth-order valence-electron chi connectivity index (χ4n) is 0.841. The van der Waals surface area contributed by atoms with Crippen molar-refractivity contribution in [2.24, 2.45) is 0 Å². The Bertz CT molecular complexity index is 316. The van der Waals surface area contributed by atoms with Gasteiger partial charge in [-0.2, -0.15) is 0 Å². The molecule has 2 rings (SSSR count). The SMILES string of the molecule is [Co+2].[Fe+2].[O-]c1ccccc1.[O-]c1ccccc1. The monoisotopic (exact) mass is 301 g/mol. The van der Waals surface area contributed by atoms with Gasteiger partial charge in [-0.15, -0.1) is 11.5 Å². The number of hydrogen-bond acceptors (Lipinski definition) is 2.